The van der Waals surface area contributed by atoms with Crippen molar-refractivity contribution in [3.05, 3.63) is 18.0 Å². The summed E-state index contributed by atoms with van der Waals surface area (Å²) in [5.41, 5.74) is 7.44. The molecule has 1 aromatic rings. The number of methoxy groups -OCH3 is 1. The molecule has 3 atom stereocenters. The minimum absolute atomic E-state index is 0.102. The lowest BCUT2D eigenvalue weighted by Gasteiger charge is -2.39. The Hall–Kier alpha value is -0.910. The molecular weight excluding hydrogens is 240 g/mol. The van der Waals surface area contributed by atoms with Gasteiger partial charge in [0.15, 0.2) is 0 Å². The van der Waals surface area contributed by atoms with Crippen LogP contribution >= 0.6 is 0 Å². The Bertz CT molecular complexity index is 389. The van der Waals surface area contributed by atoms with Crippen molar-refractivity contribution in [2.75, 3.05) is 26.8 Å². The van der Waals surface area contributed by atoms with Crippen LogP contribution in [0.3, 0.4) is 0 Å². The van der Waals surface area contributed by atoms with Gasteiger partial charge in [-0.2, -0.15) is 5.10 Å². The van der Waals surface area contributed by atoms with Gasteiger partial charge in [0.25, 0.3) is 0 Å². The Morgan fingerprint density at radius 2 is 2.37 bits per heavy atom. The van der Waals surface area contributed by atoms with Crippen LogP contribution in [0.2, 0.25) is 0 Å². The zero-order valence-electron chi connectivity index (χ0n) is 12.2. The van der Waals surface area contributed by atoms with E-state index in [0.717, 1.165) is 19.7 Å². The Kier molecular flexibility index (Phi) is 4.96. The Morgan fingerprint density at radius 1 is 1.58 bits per heavy atom. The van der Waals surface area contributed by atoms with Crippen molar-refractivity contribution >= 4 is 0 Å². The van der Waals surface area contributed by atoms with E-state index in [1.807, 2.05) is 17.9 Å². The first kappa shape index (κ1) is 14.5. The third-order valence-electron chi connectivity index (χ3n) is 3.91. The highest BCUT2D eigenvalue weighted by Gasteiger charge is 2.29. The van der Waals surface area contributed by atoms with Gasteiger partial charge in [0.1, 0.15) is 0 Å². The number of ether oxygens (including phenoxy) is 1. The number of nitrogens with zero attached hydrogens (tertiary/aromatic N) is 3. The second-order valence-corrected chi connectivity index (χ2v) is 5.71. The summed E-state index contributed by atoms with van der Waals surface area (Å²) in [6.07, 6.45) is 6.49. The van der Waals surface area contributed by atoms with E-state index < -0.39 is 0 Å². The highest BCUT2D eigenvalue weighted by atomic mass is 16.5. The summed E-state index contributed by atoms with van der Waals surface area (Å²) in [5.74, 6) is 0.622. The maximum atomic E-state index is 6.22. The molecule has 1 fully saturated rings. The van der Waals surface area contributed by atoms with Gasteiger partial charge < -0.3 is 10.5 Å². The van der Waals surface area contributed by atoms with Crippen LogP contribution in [0, 0.1) is 5.92 Å². The van der Waals surface area contributed by atoms with Crippen molar-refractivity contribution in [3.63, 3.8) is 0 Å². The number of hydrogen-bond acceptors (Lipinski definition) is 4. The molecule has 2 N–H and O–H groups in total. The van der Waals surface area contributed by atoms with E-state index >= 15 is 0 Å². The van der Waals surface area contributed by atoms with Gasteiger partial charge in [-0.05, 0) is 32.2 Å². The van der Waals surface area contributed by atoms with Crippen molar-refractivity contribution in [1.82, 2.24) is 14.7 Å². The van der Waals surface area contributed by atoms with Crippen LogP contribution in [-0.4, -0.2) is 47.5 Å². The molecule has 0 radical (unpaired) electrons. The van der Waals surface area contributed by atoms with Gasteiger partial charge in [-0.3, -0.25) is 9.58 Å². The van der Waals surface area contributed by atoms with Gasteiger partial charge in [-0.15, -0.1) is 0 Å². The van der Waals surface area contributed by atoms with E-state index in [1.165, 1.54) is 18.4 Å². The third kappa shape index (κ3) is 3.55. The quantitative estimate of drug-likeness (QED) is 0.869. The summed E-state index contributed by atoms with van der Waals surface area (Å²) in [7, 11) is 3.73. The molecule has 19 heavy (non-hydrogen) atoms. The number of likely N-dealkylation sites (tertiary alicyclic amines) is 1. The number of nitrogens with two attached hydrogens (primary N) is 1. The minimum atomic E-state index is 0.102. The van der Waals surface area contributed by atoms with Gasteiger partial charge in [0.2, 0.25) is 0 Å². The van der Waals surface area contributed by atoms with Crippen LogP contribution in [0.25, 0.3) is 0 Å². The number of aromatic nitrogens is 2. The molecule has 5 nitrogen and oxygen atoms in total. The molecule has 3 unspecified atom stereocenters. The Balaban J connectivity index is 2.10. The molecule has 0 saturated carbocycles. The molecular formula is C14H26N4O. The second kappa shape index (κ2) is 6.50. The first-order valence-electron chi connectivity index (χ1n) is 7.09. The molecule has 0 spiro atoms. The van der Waals surface area contributed by atoms with Crippen LogP contribution in [0.4, 0.5) is 0 Å². The summed E-state index contributed by atoms with van der Waals surface area (Å²) < 4.78 is 7.15. The summed E-state index contributed by atoms with van der Waals surface area (Å²) in [4.78, 5) is 2.49. The van der Waals surface area contributed by atoms with Crippen molar-refractivity contribution in [2.24, 2.45) is 18.7 Å². The van der Waals surface area contributed by atoms with Crippen molar-refractivity contribution in [3.8, 4) is 0 Å². The predicted octanol–water partition coefficient (Wildman–Crippen LogP) is 1.17. The molecule has 0 bridgehead atoms. The lowest BCUT2D eigenvalue weighted by atomic mass is 9.94. The Morgan fingerprint density at radius 3 is 2.95 bits per heavy atom. The zero-order valence-corrected chi connectivity index (χ0v) is 12.2. The minimum Gasteiger partial charge on any atom is -0.384 e. The summed E-state index contributed by atoms with van der Waals surface area (Å²) in [5, 5.41) is 4.28. The molecule has 2 heterocycles. The molecule has 2 rings (SSSR count). The monoisotopic (exact) mass is 266 g/mol. The Labute approximate surface area is 115 Å². The molecule has 0 amide bonds. The SMILES string of the molecule is COCC1CCCN(C(c2cnn(C)c2)C(C)N)C1. The fraction of sp³-hybridized carbons (Fsp3) is 0.786. The van der Waals surface area contributed by atoms with Gasteiger partial charge in [-0.25, -0.2) is 0 Å². The number of rotatable bonds is 5. The van der Waals surface area contributed by atoms with Crippen LogP contribution in [0.1, 0.15) is 31.4 Å². The van der Waals surface area contributed by atoms with E-state index in [9.17, 15) is 0 Å². The van der Waals surface area contributed by atoms with Gasteiger partial charge >= 0.3 is 0 Å². The molecule has 0 aliphatic carbocycles. The molecule has 108 valence electrons. The molecule has 1 aromatic heterocycles. The highest BCUT2D eigenvalue weighted by Crippen LogP contribution is 2.28. The van der Waals surface area contributed by atoms with Crippen LogP contribution < -0.4 is 5.73 Å². The van der Waals surface area contributed by atoms with Crippen LogP contribution in [0.15, 0.2) is 12.4 Å². The number of piperidine rings is 1. The summed E-state index contributed by atoms with van der Waals surface area (Å²) in [6.45, 7) is 5.10. The molecule has 0 aromatic carbocycles. The summed E-state index contributed by atoms with van der Waals surface area (Å²) in [6, 6.07) is 0.360. The molecule has 1 aliphatic rings. The average Bonchev–Trinajstić information content (AvgIpc) is 2.76. The van der Waals surface area contributed by atoms with E-state index in [1.54, 1.807) is 7.11 Å². The fourth-order valence-corrected chi connectivity index (χ4v) is 3.16. The standard InChI is InChI=1S/C14H26N4O/c1-11(15)14(13-7-16-17(2)9-13)18-6-4-5-12(8-18)10-19-3/h7,9,11-12,14H,4-6,8,10,15H2,1-3H3. The van der Waals surface area contributed by atoms with Crippen LogP contribution in [-0.2, 0) is 11.8 Å². The molecule has 5 heteroatoms. The number of hydrogen-bond donors (Lipinski definition) is 1. The van der Waals surface area contributed by atoms with Crippen LogP contribution in [0.5, 0.6) is 0 Å². The number of aryl methyl sites for hydroxylation is 1. The fourth-order valence-electron chi connectivity index (χ4n) is 3.16. The van der Waals surface area contributed by atoms with E-state index in [-0.39, 0.29) is 12.1 Å². The lowest BCUT2D eigenvalue weighted by Crippen LogP contribution is -2.45. The highest BCUT2D eigenvalue weighted by molar-refractivity contribution is 5.13. The van der Waals surface area contributed by atoms with E-state index in [4.69, 9.17) is 10.5 Å². The molecule has 1 saturated heterocycles. The zero-order chi connectivity index (χ0) is 13.8. The van der Waals surface area contributed by atoms with Crippen molar-refractivity contribution < 1.29 is 4.74 Å². The maximum absolute atomic E-state index is 6.22. The first-order chi connectivity index (χ1) is 9.11. The first-order valence-corrected chi connectivity index (χ1v) is 7.09. The van der Waals surface area contributed by atoms with Gasteiger partial charge in [0, 0.05) is 38.5 Å². The van der Waals surface area contributed by atoms with Crippen molar-refractivity contribution in [1.29, 1.82) is 0 Å². The molecule has 1 aliphatic heterocycles. The normalized spacial score (nSPS) is 24.3. The van der Waals surface area contributed by atoms with Gasteiger partial charge in [-0.1, -0.05) is 0 Å². The van der Waals surface area contributed by atoms with Gasteiger partial charge in [0.05, 0.1) is 18.8 Å². The van der Waals surface area contributed by atoms with E-state index in [0.29, 0.717) is 5.92 Å². The van der Waals surface area contributed by atoms with Crippen molar-refractivity contribution in [2.45, 2.75) is 31.8 Å². The maximum Gasteiger partial charge on any atom is 0.0538 e. The average molecular weight is 266 g/mol. The lowest BCUT2D eigenvalue weighted by molar-refractivity contribution is 0.0618. The second-order valence-electron chi connectivity index (χ2n) is 5.71. The smallest absolute Gasteiger partial charge is 0.0538 e. The topological polar surface area (TPSA) is 56.3 Å². The largest absolute Gasteiger partial charge is 0.384 e. The predicted molar refractivity (Wildman–Crippen MR) is 75.8 cm³/mol. The third-order valence-corrected chi connectivity index (χ3v) is 3.91. The van der Waals surface area contributed by atoms with E-state index in [2.05, 4.69) is 23.1 Å². The summed E-state index contributed by atoms with van der Waals surface area (Å²) >= 11 is 0.